The maximum atomic E-state index is 12.7. The zero-order chi connectivity index (χ0) is 27.8. The average molecular weight is 536 g/mol. The van der Waals surface area contributed by atoms with Gasteiger partial charge in [-0.05, 0) is 65.2 Å². The monoisotopic (exact) mass is 535 g/mol. The van der Waals surface area contributed by atoms with Crippen molar-refractivity contribution in [2.45, 2.75) is 141 Å². The minimum Gasteiger partial charge on any atom is -0.460 e. The Kier molecular flexibility index (Phi) is 11.7. The molecule has 0 aromatic carbocycles. The van der Waals surface area contributed by atoms with E-state index in [1.54, 1.807) is 7.11 Å². The Hall–Kier alpha value is -1.44. The molecule has 2 saturated heterocycles. The number of nitrogens with one attached hydrogen (secondary N) is 1. The van der Waals surface area contributed by atoms with Crippen LogP contribution in [-0.2, 0) is 28.5 Å². The van der Waals surface area contributed by atoms with E-state index >= 15 is 0 Å². The quantitative estimate of drug-likeness (QED) is 0.108. The van der Waals surface area contributed by atoms with Gasteiger partial charge in [-0.1, -0.05) is 51.2 Å². The van der Waals surface area contributed by atoms with Crippen LogP contribution in [-0.4, -0.2) is 61.7 Å². The fraction of sp³-hybridized carbons (Fsp3) is 0.871. The largest absolute Gasteiger partial charge is 0.460 e. The maximum absolute atomic E-state index is 12.7. The molecule has 218 valence electrons. The minimum absolute atomic E-state index is 0.0535. The summed E-state index contributed by atoms with van der Waals surface area (Å²) in [5, 5.41) is 3.02. The number of allylic oxidation sites excluding steroid dienone is 1. The minimum atomic E-state index is -0.318. The second-order valence-corrected chi connectivity index (χ2v) is 12.6. The molecule has 7 heteroatoms. The molecule has 7 nitrogen and oxygen atoms in total. The topological polar surface area (TPSA) is 89.7 Å². The molecule has 0 aromatic heterocycles. The summed E-state index contributed by atoms with van der Waals surface area (Å²) in [4.78, 5) is 24.5. The molecule has 3 rings (SSSR count). The van der Waals surface area contributed by atoms with E-state index < -0.39 is 0 Å². The Bertz CT molecular complexity index is 802. The first-order chi connectivity index (χ1) is 18.1. The maximum Gasteiger partial charge on any atom is 0.306 e. The van der Waals surface area contributed by atoms with Crippen LogP contribution in [0.4, 0.5) is 0 Å². The van der Waals surface area contributed by atoms with E-state index in [-0.39, 0.29) is 47.3 Å². The number of carbonyl (C=O) groups is 2. The van der Waals surface area contributed by atoms with Crippen LogP contribution in [0.15, 0.2) is 11.6 Å². The molecule has 1 amide bonds. The van der Waals surface area contributed by atoms with Gasteiger partial charge in [0.1, 0.15) is 23.4 Å². The van der Waals surface area contributed by atoms with E-state index in [9.17, 15) is 9.59 Å². The van der Waals surface area contributed by atoms with Crippen molar-refractivity contribution in [2.24, 2.45) is 11.8 Å². The SMILES string of the molecule is COC1C(OC(=O)CCCCCCCNC(=O)CCCC(C)C)CC[C@]2(CO2)C1C1(C)O[C@@H]1CC=C(C)C. The molecule has 3 aliphatic rings. The van der Waals surface area contributed by atoms with Crippen LogP contribution in [0.3, 0.4) is 0 Å². The van der Waals surface area contributed by atoms with Gasteiger partial charge in [0, 0.05) is 26.5 Å². The predicted molar refractivity (Wildman–Crippen MR) is 149 cm³/mol. The summed E-state index contributed by atoms with van der Waals surface area (Å²) >= 11 is 0. The van der Waals surface area contributed by atoms with Crippen LogP contribution >= 0.6 is 0 Å². The highest BCUT2D eigenvalue weighted by molar-refractivity contribution is 5.75. The summed E-state index contributed by atoms with van der Waals surface area (Å²) in [6.07, 6.45) is 12.5. The smallest absolute Gasteiger partial charge is 0.306 e. The van der Waals surface area contributed by atoms with Crippen molar-refractivity contribution in [2.75, 3.05) is 20.3 Å². The third-order valence-electron chi connectivity index (χ3n) is 8.59. The fourth-order valence-electron chi connectivity index (χ4n) is 6.21. The molecule has 6 atom stereocenters. The predicted octanol–water partition coefficient (Wildman–Crippen LogP) is 5.89. The molecule has 0 aromatic rings. The van der Waals surface area contributed by atoms with E-state index in [4.69, 9.17) is 18.9 Å². The summed E-state index contributed by atoms with van der Waals surface area (Å²) in [6.45, 7) is 12.2. The van der Waals surface area contributed by atoms with Crippen LogP contribution in [0.2, 0.25) is 0 Å². The molecule has 38 heavy (non-hydrogen) atoms. The zero-order valence-corrected chi connectivity index (χ0v) is 24.8. The normalized spacial score (nSPS) is 31.8. The molecule has 1 spiro atoms. The Morgan fingerprint density at radius 2 is 1.79 bits per heavy atom. The van der Waals surface area contributed by atoms with Gasteiger partial charge in [-0.25, -0.2) is 0 Å². The lowest BCUT2D eigenvalue weighted by Crippen LogP contribution is -2.55. The molecule has 0 radical (unpaired) electrons. The summed E-state index contributed by atoms with van der Waals surface area (Å²) in [6, 6.07) is 0. The number of hydrogen-bond acceptors (Lipinski definition) is 6. The van der Waals surface area contributed by atoms with Crippen LogP contribution in [0.25, 0.3) is 0 Å². The van der Waals surface area contributed by atoms with Crippen LogP contribution < -0.4 is 5.32 Å². The number of amides is 1. The van der Waals surface area contributed by atoms with Gasteiger partial charge in [-0.2, -0.15) is 0 Å². The summed E-state index contributed by atoms with van der Waals surface area (Å²) in [5.41, 5.74) is 0.770. The molecular weight excluding hydrogens is 482 g/mol. The van der Waals surface area contributed by atoms with E-state index in [0.29, 0.717) is 18.8 Å². The summed E-state index contributed by atoms with van der Waals surface area (Å²) < 4.78 is 24.2. The first-order valence-corrected chi connectivity index (χ1v) is 15.1. The Morgan fingerprint density at radius 1 is 1.08 bits per heavy atom. The number of esters is 1. The van der Waals surface area contributed by atoms with Crippen molar-refractivity contribution in [3.63, 3.8) is 0 Å². The van der Waals surface area contributed by atoms with Gasteiger partial charge in [0.2, 0.25) is 5.91 Å². The Labute approximate surface area is 230 Å². The molecule has 0 bridgehead atoms. The molecule has 1 saturated carbocycles. The second kappa shape index (κ2) is 14.3. The van der Waals surface area contributed by atoms with Gasteiger partial charge in [-0.15, -0.1) is 0 Å². The van der Waals surface area contributed by atoms with Crippen molar-refractivity contribution in [1.82, 2.24) is 5.32 Å². The number of rotatable bonds is 17. The van der Waals surface area contributed by atoms with Gasteiger partial charge in [-0.3, -0.25) is 9.59 Å². The van der Waals surface area contributed by atoms with Crippen molar-refractivity contribution < 1.29 is 28.5 Å². The molecule has 1 aliphatic carbocycles. The lowest BCUT2D eigenvalue weighted by Gasteiger charge is -2.42. The summed E-state index contributed by atoms with van der Waals surface area (Å²) in [5.74, 6) is 0.729. The van der Waals surface area contributed by atoms with Crippen molar-refractivity contribution in [3.8, 4) is 0 Å². The summed E-state index contributed by atoms with van der Waals surface area (Å²) in [7, 11) is 1.71. The average Bonchev–Trinajstić information content (AvgIpc) is 3.77. The third-order valence-corrected chi connectivity index (χ3v) is 8.59. The van der Waals surface area contributed by atoms with E-state index in [1.165, 1.54) is 5.57 Å². The Morgan fingerprint density at radius 3 is 2.45 bits per heavy atom. The highest BCUT2D eigenvalue weighted by atomic mass is 16.6. The molecule has 2 aliphatic heterocycles. The van der Waals surface area contributed by atoms with Crippen LogP contribution in [0, 0.1) is 11.8 Å². The first-order valence-electron chi connectivity index (χ1n) is 15.1. The number of ether oxygens (including phenoxy) is 4. The number of methoxy groups -OCH3 is 1. The fourth-order valence-corrected chi connectivity index (χ4v) is 6.21. The zero-order valence-electron chi connectivity index (χ0n) is 24.8. The van der Waals surface area contributed by atoms with Gasteiger partial charge >= 0.3 is 5.97 Å². The molecule has 3 fully saturated rings. The number of hydrogen-bond donors (Lipinski definition) is 1. The van der Waals surface area contributed by atoms with E-state index in [0.717, 1.165) is 77.4 Å². The molecule has 4 unspecified atom stereocenters. The van der Waals surface area contributed by atoms with E-state index in [1.807, 2.05) is 0 Å². The third kappa shape index (κ3) is 8.79. The van der Waals surface area contributed by atoms with Crippen molar-refractivity contribution >= 4 is 11.9 Å². The molecule has 2 heterocycles. The highest BCUT2D eigenvalue weighted by Gasteiger charge is 2.72. The highest BCUT2D eigenvalue weighted by Crippen LogP contribution is 2.59. The number of unbranched alkanes of at least 4 members (excludes halogenated alkanes) is 4. The van der Waals surface area contributed by atoms with Gasteiger partial charge < -0.3 is 24.3 Å². The van der Waals surface area contributed by atoms with Crippen LogP contribution in [0.5, 0.6) is 0 Å². The van der Waals surface area contributed by atoms with Gasteiger partial charge in [0.05, 0.1) is 18.6 Å². The number of carbonyl (C=O) groups excluding carboxylic acids is 2. The van der Waals surface area contributed by atoms with Crippen LogP contribution in [0.1, 0.15) is 112 Å². The first kappa shape index (κ1) is 31.1. The molecular formula is C31H53NO6. The van der Waals surface area contributed by atoms with Gasteiger partial charge in [0.15, 0.2) is 0 Å². The van der Waals surface area contributed by atoms with Crippen molar-refractivity contribution in [1.29, 1.82) is 0 Å². The van der Waals surface area contributed by atoms with E-state index in [2.05, 4.69) is 46.0 Å². The van der Waals surface area contributed by atoms with Gasteiger partial charge in [0.25, 0.3) is 0 Å². The number of epoxide rings is 2. The lowest BCUT2D eigenvalue weighted by atomic mass is 9.68. The second-order valence-electron chi connectivity index (χ2n) is 12.6. The lowest BCUT2D eigenvalue weighted by molar-refractivity contribution is -0.172. The molecule has 1 N–H and O–H groups in total. The van der Waals surface area contributed by atoms with Crippen molar-refractivity contribution in [3.05, 3.63) is 11.6 Å². The Balaban J connectivity index is 1.33. The standard InChI is InChI=1S/C31H53NO6/c1-22(2)13-12-14-26(33)32-20-11-9-7-8-10-15-27(34)37-24-18-19-31(21-36-31)29(28(24)35-6)30(5)25(38-30)17-16-23(3)4/h16,22,24-25,28-29H,7-15,17-21H2,1-6H3,(H,32,33)/t24?,25-,28?,29?,30?,31+/m1/s1.